The molecule has 3 nitrogen and oxygen atoms in total. The number of primary amides is 1. The van der Waals surface area contributed by atoms with Crippen LogP contribution in [0, 0.1) is 5.92 Å². The van der Waals surface area contributed by atoms with Crippen LogP contribution in [0.1, 0.15) is 31.4 Å². The number of hydrogen-bond donors (Lipinski definition) is 1. The molecule has 0 fully saturated rings. The van der Waals surface area contributed by atoms with Crippen molar-refractivity contribution >= 4 is 22.0 Å². The predicted octanol–water partition coefficient (Wildman–Crippen LogP) is 3.43. The van der Waals surface area contributed by atoms with Crippen LogP contribution in [0.25, 0.3) is 0 Å². The summed E-state index contributed by atoms with van der Waals surface area (Å²) in [6.45, 7) is 3.83. The van der Waals surface area contributed by atoms with Crippen molar-refractivity contribution in [3.05, 3.63) is 33.8 Å². The molecule has 0 heterocycles. The van der Waals surface area contributed by atoms with Crippen LogP contribution in [0.15, 0.2) is 22.7 Å². The maximum absolute atomic E-state index is 10.8. The second kappa shape index (κ2) is 4.92. The SMILES string of the molecule is CC(C)(C[C@@H]1Cc2ccc(Br)cc2C1)OC(N)=O. The monoisotopic (exact) mass is 311 g/mol. The van der Waals surface area contributed by atoms with Crippen molar-refractivity contribution in [1.29, 1.82) is 0 Å². The number of benzene rings is 1. The van der Waals surface area contributed by atoms with E-state index in [0.717, 1.165) is 23.7 Å². The Kier molecular flexibility index (Phi) is 3.66. The summed E-state index contributed by atoms with van der Waals surface area (Å²) >= 11 is 3.49. The van der Waals surface area contributed by atoms with Gasteiger partial charge in [0, 0.05) is 4.47 Å². The average molecular weight is 312 g/mol. The number of nitrogens with two attached hydrogens (primary N) is 1. The Morgan fingerprint density at radius 2 is 2.11 bits per heavy atom. The summed E-state index contributed by atoms with van der Waals surface area (Å²) in [7, 11) is 0. The molecule has 0 radical (unpaired) electrons. The minimum Gasteiger partial charge on any atom is -0.444 e. The molecule has 1 aromatic carbocycles. The molecule has 1 aliphatic carbocycles. The number of carbonyl (C=O) groups is 1. The highest BCUT2D eigenvalue weighted by Gasteiger charge is 2.30. The number of hydrogen-bond acceptors (Lipinski definition) is 2. The zero-order chi connectivity index (χ0) is 13.3. The highest BCUT2D eigenvalue weighted by atomic mass is 79.9. The van der Waals surface area contributed by atoms with Crippen LogP contribution in [0.2, 0.25) is 0 Å². The number of ether oxygens (including phenoxy) is 1. The van der Waals surface area contributed by atoms with Crippen LogP contribution in [-0.2, 0) is 17.6 Å². The smallest absolute Gasteiger partial charge is 0.405 e. The molecule has 0 unspecified atom stereocenters. The highest BCUT2D eigenvalue weighted by molar-refractivity contribution is 9.10. The summed E-state index contributed by atoms with van der Waals surface area (Å²) in [4.78, 5) is 10.8. The molecule has 1 amide bonds. The molecular weight excluding hydrogens is 294 g/mol. The topological polar surface area (TPSA) is 52.3 Å². The average Bonchev–Trinajstić information content (AvgIpc) is 2.55. The van der Waals surface area contributed by atoms with Gasteiger partial charge in [0.05, 0.1) is 0 Å². The molecular formula is C14H18BrNO2. The third kappa shape index (κ3) is 3.25. The largest absolute Gasteiger partial charge is 0.444 e. The van der Waals surface area contributed by atoms with Crippen LogP contribution < -0.4 is 5.73 Å². The molecule has 0 bridgehead atoms. The van der Waals surface area contributed by atoms with Gasteiger partial charge in [-0.15, -0.1) is 0 Å². The lowest BCUT2D eigenvalue weighted by molar-refractivity contribution is 0.0275. The molecule has 98 valence electrons. The quantitative estimate of drug-likeness (QED) is 0.929. The molecule has 0 saturated carbocycles. The van der Waals surface area contributed by atoms with Crippen molar-refractivity contribution in [1.82, 2.24) is 0 Å². The molecule has 4 heteroatoms. The number of fused-ring (bicyclic) bond motifs is 1. The van der Waals surface area contributed by atoms with Crippen molar-refractivity contribution in [3.8, 4) is 0 Å². The fourth-order valence-electron chi connectivity index (χ4n) is 2.83. The van der Waals surface area contributed by atoms with E-state index in [2.05, 4.69) is 34.1 Å². The number of halogens is 1. The van der Waals surface area contributed by atoms with Crippen LogP contribution in [-0.4, -0.2) is 11.7 Å². The Morgan fingerprint density at radius 3 is 2.78 bits per heavy atom. The predicted molar refractivity (Wildman–Crippen MR) is 74.4 cm³/mol. The first-order chi connectivity index (χ1) is 8.35. The van der Waals surface area contributed by atoms with E-state index in [1.54, 1.807) is 0 Å². The Balaban J connectivity index is 2.01. The van der Waals surface area contributed by atoms with Gasteiger partial charge < -0.3 is 10.5 Å². The van der Waals surface area contributed by atoms with Crippen molar-refractivity contribution in [2.45, 2.75) is 38.7 Å². The van der Waals surface area contributed by atoms with E-state index >= 15 is 0 Å². The second-order valence-corrected chi connectivity index (χ2v) is 6.49. The van der Waals surface area contributed by atoms with Crippen molar-refractivity contribution in [2.24, 2.45) is 11.7 Å². The summed E-state index contributed by atoms with van der Waals surface area (Å²) in [5.74, 6) is 0.517. The molecule has 2 N–H and O–H groups in total. The minimum absolute atomic E-state index is 0.490. The van der Waals surface area contributed by atoms with Crippen LogP contribution in [0.5, 0.6) is 0 Å². The normalized spacial score (nSPS) is 18.5. The van der Waals surface area contributed by atoms with Gasteiger partial charge in [-0.25, -0.2) is 4.79 Å². The summed E-state index contributed by atoms with van der Waals surface area (Å²) < 4.78 is 6.27. The third-order valence-electron chi connectivity index (χ3n) is 3.34. The van der Waals surface area contributed by atoms with E-state index in [-0.39, 0.29) is 0 Å². The lowest BCUT2D eigenvalue weighted by Gasteiger charge is -2.27. The van der Waals surface area contributed by atoms with Gasteiger partial charge in [0.1, 0.15) is 5.60 Å². The minimum atomic E-state index is -0.696. The molecule has 1 aromatic rings. The summed E-state index contributed by atoms with van der Waals surface area (Å²) in [5, 5.41) is 0. The highest BCUT2D eigenvalue weighted by Crippen LogP contribution is 2.34. The summed E-state index contributed by atoms with van der Waals surface area (Å²) in [6, 6.07) is 6.42. The van der Waals surface area contributed by atoms with Crippen molar-refractivity contribution in [3.63, 3.8) is 0 Å². The van der Waals surface area contributed by atoms with Crippen molar-refractivity contribution < 1.29 is 9.53 Å². The lowest BCUT2D eigenvalue weighted by atomic mass is 9.91. The van der Waals surface area contributed by atoms with Gasteiger partial charge in [0.2, 0.25) is 0 Å². The van der Waals surface area contributed by atoms with Gasteiger partial charge in [0.25, 0.3) is 0 Å². The van der Waals surface area contributed by atoms with Gasteiger partial charge in [-0.3, -0.25) is 0 Å². The first-order valence-corrected chi connectivity index (χ1v) is 6.91. The van der Waals surface area contributed by atoms with E-state index in [9.17, 15) is 4.79 Å². The first-order valence-electron chi connectivity index (χ1n) is 6.11. The van der Waals surface area contributed by atoms with Gasteiger partial charge in [-0.05, 0) is 62.3 Å². The van der Waals surface area contributed by atoms with Crippen LogP contribution >= 0.6 is 15.9 Å². The third-order valence-corrected chi connectivity index (χ3v) is 3.84. The number of carbonyl (C=O) groups excluding carboxylic acids is 1. The molecule has 0 spiro atoms. The number of amides is 1. The Hall–Kier alpha value is -1.03. The van der Waals surface area contributed by atoms with Gasteiger partial charge in [-0.1, -0.05) is 22.0 Å². The summed E-state index contributed by atoms with van der Waals surface area (Å²) in [6.07, 6.45) is 2.23. The zero-order valence-electron chi connectivity index (χ0n) is 10.7. The standard InChI is InChI=1S/C14H18BrNO2/c1-14(2,18-13(16)17)8-9-5-10-3-4-12(15)7-11(10)6-9/h3-4,7,9H,5-6,8H2,1-2H3,(H2,16,17)/t9-/m1/s1. The fraction of sp³-hybridized carbons (Fsp3) is 0.500. The Labute approximate surface area is 116 Å². The fourth-order valence-corrected chi connectivity index (χ4v) is 3.24. The van der Waals surface area contributed by atoms with Gasteiger partial charge >= 0.3 is 6.09 Å². The van der Waals surface area contributed by atoms with Crippen molar-refractivity contribution in [2.75, 3.05) is 0 Å². The molecule has 18 heavy (non-hydrogen) atoms. The number of rotatable bonds is 3. The molecule has 0 aromatic heterocycles. The van der Waals surface area contributed by atoms with E-state index in [0.29, 0.717) is 5.92 Å². The lowest BCUT2D eigenvalue weighted by Crippen LogP contribution is -2.33. The first kappa shape index (κ1) is 13.4. The maximum atomic E-state index is 10.8. The van der Waals surface area contributed by atoms with E-state index in [1.807, 2.05) is 13.8 Å². The van der Waals surface area contributed by atoms with E-state index < -0.39 is 11.7 Å². The molecule has 1 aliphatic rings. The van der Waals surface area contributed by atoms with E-state index in [1.165, 1.54) is 11.1 Å². The molecule has 1 atom stereocenters. The van der Waals surface area contributed by atoms with E-state index in [4.69, 9.17) is 10.5 Å². The molecule has 0 saturated heterocycles. The van der Waals surface area contributed by atoms with Gasteiger partial charge in [0.15, 0.2) is 0 Å². The molecule has 0 aliphatic heterocycles. The maximum Gasteiger partial charge on any atom is 0.405 e. The molecule has 2 rings (SSSR count). The second-order valence-electron chi connectivity index (χ2n) is 5.57. The Morgan fingerprint density at radius 1 is 1.44 bits per heavy atom. The Bertz CT molecular complexity index is 471. The summed E-state index contributed by atoms with van der Waals surface area (Å²) in [5.41, 5.74) is 7.39. The zero-order valence-corrected chi connectivity index (χ0v) is 12.3. The van der Waals surface area contributed by atoms with Crippen LogP contribution in [0.4, 0.5) is 4.79 Å². The van der Waals surface area contributed by atoms with Gasteiger partial charge in [-0.2, -0.15) is 0 Å². The van der Waals surface area contributed by atoms with Crippen LogP contribution in [0.3, 0.4) is 0 Å².